The van der Waals surface area contributed by atoms with Crippen molar-refractivity contribution in [3.63, 3.8) is 0 Å². The first-order valence-electron chi connectivity index (χ1n) is 5.59. The summed E-state index contributed by atoms with van der Waals surface area (Å²) in [6.07, 6.45) is 1.53. The predicted octanol–water partition coefficient (Wildman–Crippen LogP) is 0.912. The van der Waals surface area contributed by atoms with Crippen LogP contribution in [0.25, 0.3) is 0 Å². The number of sulfonamides is 1. The monoisotopic (exact) mass is 300 g/mol. The average molecular weight is 300 g/mol. The normalized spacial score (nSPS) is 14.6. The van der Waals surface area contributed by atoms with E-state index in [4.69, 9.17) is 5.26 Å². The fourth-order valence-electron chi connectivity index (χ4n) is 1.73. The molecule has 2 unspecified atom stereocenters. The summed E-state index contributed by atoms with van der Waals surface area (Å²) in [5, 5.41) is 8.75. The van der Waals surface area contributed by atoms with Crippen LogP contribution in [0, 0.1) is 18.3 Å². The molecule has 0 amide bonds. The van der Waals surface area contributed by atoms with Gasteiger partial charge in [-0.1, -0.05) is 0 Å². The average Bonchev–Trinajstić information content (AvgIpc) is 2.26. The van der Waals surface area contributed by atoms with Crippen molar-refractivity contribution in [2.24, 2.45) is 0 Å². The van der Waals surface area contributed by atoms with Crippen LogP contribution in [0.5, 0.6) is 0 Å². The summed E-state index contributed by atoms with van der Waals surface area (Å²) in [6.45, 7) is 3.30. The first kappa shape index (κ1) is 15.8. The quantitative estimate of drug-likeness (QED) is 0.875. The second-order valence-corrected chi connectivity index (χ2v) is 7.52. The van der Waals surface area contributed by atoms with Crippen molar-refractivity contribution in [1.29, 1.82) is 5.26 Å². The summed E-state index contributed by atoms with van der Waals surface area (Å²) in [4.78, 5) is 0.139. The minimum atomic E-state index is -3.65. The fourth-order valence-corrected chi connectivity index (χ4v) is 4.10. The van der Waals surface area contributed by atoms with Crippen LogP contribution in [0.3, 0.4) is 0 Å². The Morgan fingerprint density at radius 2 is 2.11 bits per heavy atom. The third-order valence-corrected chi connectivity index (χ3v) is 5.15. The van der Waals surface area contributed by atoms with Crippen molar-refractivity contribution in [3.05, 3.63) is 29.3 Å². The van der Waals surface area contributed by atoms with E-state index in [2.05, 4.69) is 4.72 Å². The molecule has 5 nitrogen and oxygen atoms in total. The van der Waals surface area contributed by atoms with E-state index in [1.165, 1.54) is 24.5 Å². The molecular formula is C12H16N2O3S2. The van der Waals surface area contributed by atoms with Crippen LogP contribution >= 0.6 is 0 Å². The maximum absolute atomic E-state index is 12.2. The second-order valence-electron chi connectivity index (χ2n) is 4.35. The lowest BCUT2D eigenvalue weighted by Crippen LogP contribution is -2.36. The molecule has 1 rings (SSSR count). The third kappa shape index (κ3) is 4.42. The van der Waals surface area contributed by atoms with Crippen molar-refractivity contribution in [1.82, 2.24) is 4.72 Å². The lowest BCUT2D eigenvalue weighted by molar-refractivity contribution is 0.569. The van der Waals surface area contributed by atoms with Gasteiger partial charge in [-0.3, -0.25) is 4.21 Å². The summed E-state index contributed by atoms with van der Waals surface area (Å²) in [6, 6.07) is 5.94. The van der Waals surface area contributed by atoms with E-state index in [-0.39, 0.29) is 10.6 Å². The van der Waals surface area contributed by atoms with Crippen LogP contribution in [-0.4, -0.2) is 30.7 Å². The molecule has 1 aromatic rings. The van der Waals surface area contributed by atoms with Gasteiger partial charge >= 0.3 is 0 Å². The Labute approximate surface area is 116 Å². The van der Waals surface area contributed by atoms with Gasteiger partial charge in [0.1, 0.15) is 0 Å². The van der Waals surface area contributed by atoms with Gasteiger partial charge in [-0.15, -0.1) is 0 Å². The van der Waals surface area contributed by atoms with Gasteiger partial charge in [0.25, 0.3) is 0 Å². The van der Waals surface area contributed by atoms with Crippen molar-refractivity contribution in [2.75, 3.05) is 12.0 Å². The van der Waals surface area contributed by atoms with E-state index >= 15 is 0 Å². The summed E-state index contributed by atoms with van der Waals surface area (Å²) >= 11 is 0. The molecule has 0 aromatic heterocycles. The second kappa shape index (κ2) is 6.28. The van der Waals surface area contributed by atoms with E-state index in [1.54, 1.807) is 13.8 Å². The summed E-state index contributed by atoms with van der Waals surface area (Å²) in [5.41, 5.74) is 0.926. The van der Waals surface area contributed by atoms with Crippen molar-refractivity contribution in [3.8, 4) is 6.07 Å². The van der Waals surface area contributed by atoms with Crippen LogP contribution in [0.2, 0.25) is 0 Å². The van der Waals surface area contributed by atoms with Gasteiger partial charge in [0.2, 0.25) is 10.0 Å². The Hall–Kier alpha value is -1.23. The molecule has 2 atom stereocenters. The summed E-state index contributed by atoms with van der Waals surface area (Å²) in [5.74, 6) is 0.258. The number of aryl methyl sites for hydroxylation is 1. The lowest BCUT2D eigenvalue weighted by atomic mass is 10.2. The Kier molecular flexibility index (Phi) is 5.23. The molecule has 19 heavy (non-hydrogen) atoms. The number of nitrogens with zero attached hydrogens (tertiary/aromatic N) is 1. The van der Waals surface area contributed by atoms with Gasteiger partial charge in [0, 0.05) is 28.9 Å². The Bertz CT molecular complexity index is 633. The Morgan fingerprint density at radius 3 is 2.58 bits per heavy atom. The van der Waals surface area contributed by atoms with Crippen molar-refractivity contribution >= 4 is 20.8 Å². The zero-order valence-corrected chi connectivity index (χ0v) is 12.6. The molecule has 0 saturated heterocycles. The first-order chi connectivity index (χ1) is 8.76. The molecule has 0 radical (unpaired) electrons. The van der Waals surface area contributed by atoms with E-state index in [0.29, 0.717) is 11.1 Å². The standard InChI is InChI=1S/C12H16N2O3S2/c1-9-6-11(7-13)4-5-12(9)19(16,17)14-10(2)8-18(3)15/h4-6,10,14H,8H2,1-3H3. The van der Waals surface area contributed by atoms with E-state index in [1.807, 2.05) is 6.07 Å². The highest BCUT2D eigenvalue weighted by Gasteiger charge is 2.20. The molecular weight excluding hydrogens is 284 g/mol. The van der Waals surface area contributed by atoms with Crippen LogP contribution in [0.1, 0.15) is 18.1 Å². The van der Waals surface area contributed by atoms with E-state index < -0.39 is 26.9 Å². The zero-order valence-electron chi connectivity index (χ0n) is 11.0. The minimum Gasteiger partial charge on any atom is -0.260 e. The fraction of sp³-hybridized carbons (Fsp3) is 0.417. The molecule has 0 bridgehead atoms. The molecule has 0 fully saturated rings. The van der Waals surface area contributed by atoms with Crippen LogP contribution in [0.4, 0.5) is 0 Å². The number of nitriles is 1. The minimum absolute atomic E-state index is 0.139. The molecule has 0 aliphatic rings. The van der Waals surface area contributed by atoms with Gasteiger partial charge < -0.3 is 0 Å². The maximum Gasteiger partial charge on any atom is 0.241 e. The lowest BCUT2D eigenvalue weighted by Gasteiger charge is -2.14. The third-order valence-electron chi connectivity index (χ3n) is 2.43. The first-order valence-corrected chi connectivity index (χ1v) is 8.80. The molecule has 0 aliphatic heterocycles. The van der Waals surface area contributed by atoms with E-state index in [9.17, 15) is 12.6 Å². The van der Waals surface area contributed by atoms with Gasteiger partial charge in [-0.05, 0) is 37.6 Å². The molecule has 104 valence electrons. The number of rotatable bonds is 5. The topological polar surface area (TPSA) is 87.0 Å². The molecule has 0 spiro atoms. The number of hydrogen-bond donors (Lipinski definition) is 1. The van der Waals surface area contributed by atoms with Gasteiger partial charge in [-0.2, -0.15) is 5.26 Å². The number of hydrogen-bond acceptors (Lipinski definition) is 4. The van der Waals surface area contributed by atoms with Crippen LogP contribution in [-0.2, 0) is 20.8 Å². The van der Waals surface area contributed by atoms with Gasteiger partial charge in [-0.25, -0.2) is 13.1 Å². The SMILES string of the molecule is Cc1cc(C#N)ccc1S(=O)(=O)NC(C)CS(C)=O. The Morgan fingerprint density at radius 1 is 1.47 bits per heavy atom. The summed E-state index contributed by atoms with van der Waals surface area (Å²) in [7, 11) is -4.72. The van der Waals surface area contributed by atoms with Crippen molar-refractivity contribution in [2.45, 2.75) is 24.8 Å². The summed E-state index contributed by atoms with van der Waals surface area (Å²) < 4.78 is 37.8. The van der Waals surface area contributed by atoms with E-state index in [0.717, 1.165) is 0 Å². The molecule has 0 heterocycles. The Balaban J connectivity index is 3.01. The van der Waals surface area contributed by atoms with Gasteiger partial charge in [0.15, 0.2) is 0 Å². The molecule has 1 aromatic carbocycles. The maximum atomic E-state index is 12.2. The highest BCUT2D eigenvalue weighted by atomic mass is 32.2. The highest BCUT2D eigenvalue weighted by Crippen LogP contribution is 2.16. The molecule has 0 saturated carbocycles. The zero-order chi connectivity index (χ0) is 14.6. The van der Waals surface area contributed by atoms with Crippen LogP contribution < -0.4 is 4.72 Å². The predicted molar refractivity (Wildman–Crippen MR) is 74.6 cm³/mol. The van der Waals surface area contributed by atoms with Crippen molar-refractivity contribution < 1.29 is 12.6 Å². The molecule has 7 heteroatoms. The van der Waals surface area contributed by atoms with Gasteiger partial charge in [0.05, 0.1) is 16.5 Å². The smallest absolute Gasteiger partial charge is 0.241 e. The molecule has 1 N–H and O–H groups in total. The number of benzene rings is 1. The highest BCUT2D eigenvalue weighted by molar-refractivity contribution is 7.89. The van der Waals surface area contributed by atoms with Crippen LogP contribution in [0.15, 0.2) is 23.1 Å². The number of nitrogens with one attached hydrogen (secondary N) is 1. The molecule has 0 aliphatic carbocycles. The largest absolute Gasteiger partial charge is 0.260 e.